The van der Waals surface area contributed by atoms with Crippen molar-refractivity contribution in [3.8, 4) is 0 Å². The summed E-state index contributed by atoms with van der Waals surface area (Å²) < 4.78 is 19.2. The summed E-state index contributed by atoms with van der Waals surface area (Å²) in [6.45, 7) is 5.12. The van der Waals surface area contributed by atoms with Gasteiger partial charge in [-0.1, -0.05) is 13.8 Å². The van der Waals surface area contributed by atoms with Crippen LogP contribution in [0, 0.1) is 17.2 Å². The maximum absolute atomic E-state index is 13.5. The topological polar surface area (TPSA) is 64.3 Å². The van der Waals surface area contributed by atoms with Gasteiger partial charge >= 0.3 is 0 Å². The van der Waals surface area contributed by atoms with Crippen LogP contribution in [0.2, 0.25) is 0 Å². The molecule has 20 heavy (non-hydrogen) atoms. The molecule has 1 amide bonds. The first kappa shape index (κ1) is 13.4. The molecule has 1 aromatic rings. The van der Waals surface area contributed by atoms with Gasteiger partial charge in [-0.15, -0.1) is 0 Å². The Morgan fingerprint density at radius 1 is 1.50 bits per heavy atom. The van der Waals surface area contributed by atoms with Crippen LogP contribution in [0.15, 0.2) is 18.2 Å². The van der Waals surface area contributed by atoms with Crippen molar-refractivity contribution in [3.63, 3.8) is 0 Å². The molecular weight excluding hydrogens is 259 g/mol. The van der Waals surface area contributed by atoms with E-state index in [9.17, 15) is 9.18 Å². The number of halogens is 1. The summed E-state index contributed by atoms with van der Waals surface area (Å²) in [5.41, 5.74) is 5.85. The van der Waals surface area contributed by atoms with Crippen LogP contribution in [0.3, 0.4) is 0 Å². The van der Waals surface area contributed by atoms with E-state index in [-0.39, 0.29) is 23.1 Å². The highest BCUT2D eigenvalue weighted by Crippen LogP contribution is 2.53. The van der Waals surface area contributed by atoms with Crippen molar-refractivity contribution >= 4 is 11.6 Å². The number of fused-ring (bicyclic) bond motifs is 1. The average Bonchev–Trinajstić information content (AvgIpc) is 2.84. The molecule has 1 saturated heterocycles. The number of hydrogen-bond donors (Lipinski definition) is 2. The molecule has 3 unspecified atom stereocenters. The molecule has 5 heteroatoms. The van der Waals surface area contributed by atoms with E-state index in [2.05, 4.69) is 19.2 Å². The highest BCUT2D eigenvalue weighted by Gasteiger charge is 2.59. The molecule has 2 aliphatic rings. The zero-order valence-electron chi connectivity index (χ0n) is 11.7. The summed E-state index contributed by atoms with van der Waals surface area (Å²) in [6, 6.07) is 4.66. The third kappa shape index (κ3) is 1.88. The monoisotopic (exact) mass is 278 g/mol. The number of amides is 1. The molecule has 1 aliphatic carbocycles. The summed E-state index contributed by atoms with van der Waals surface area (Å²) in [5.74, 6) is -0.855. The van der Waals surface area contributed by atoms with Gasteiger partial charge in [-0.05, 0) is 24.6 Å². The standard InChI is InChI=1S/C15H19FN2O2/c1-15(2)12(9-5-6-20-13(9)15)18-8-3-4-11(16)10(7-8)14(17)19/h3-4,7,9,12-13,18H,5-6H2,1-2H3,(H2,17,19). The van der Waals surface area contributed by atoms with E-state index in [1.54, 1.807) is 6.07 Å². The number of carbonyl (C=O) groups is 1. The number of benzene rings is 1. The van der Waals surface area contributed by atoms with E-state index in [4.69, 9.17) is 10.5 Å². The fraction of sp³-hybridized carbons (Fsp3) is 0.533. The molecule has 1 aromatic carbocycles. The molecule has 3 N–H and O–H groups in total. The number of primary amides is 1. The second kappa shape index (κ2) is 4.45. The zero-order chi connectivity index (χ0) is 14.5. The van der Waals surface area contributed by atoms with Crippen molar-refractivity contribution < 1.29 is 13.9 Å². The van der Waals surface area contributed by atoms with E-state index < -0.39 is 11.7 Å². The molecule has 0 spiro atoms. The van der Waals surface area contributed by atoms with E-state index >= 15 is 0 Å². The summed E-state index contributed by atoms with van der Waals surface area (Å²) in [5, 5.41) is 3.41. The fourth-order valence-corrected chi connectivity index (χ4v) is 3.60. The third-order valence-electron chi connectivity index (χ3n) is 4.65. The molecule has 0 radical (unpaired) electrons. The first-order chi connectivity index (χ1) is 9.41. The number of carbonyl (C=O) groups excluding carboxylic acids is 1. The van der Waals surface area contributed by atoms with Crippen LogP contribution in [-0.2, 0) is 4.74 Å². The first-order valence-corrected chi connectivity index (χ1v) is 6.89. The second-order valence-electron chi connectivity index (χ2n) is 6.25. The largest absolute Gasteiger partial charge is 0.381 e. The normalized spacial score (nSPS) is 30.4. The number of hydrogen-bond acceptors (Lipinski definition) is 3. The molecule has 3 rings (SSSR count). The summed E-state index contributed by atoms with van der Waals surface area (Å²) in [6.07, 6.45) is 1.33. The molecule has 0 aromatic heterocycles. The van der Waals surface area contributed by atoms with Crippen molar-refractivity contribution in [2.75, 3.05) is 11.9 Å². The quantitative estimate of drug-likeness (QED) is 0.890. The van der Waals surface area contributed by atoms with Gasteiger partial charge < -0.3 is 15.8 Å². The van der Waals surface area contributed by atoms with E-state index in [0.29, 0.717) is 5.92 Å². The van der Waals surface area contributed by atoms with Gasteiger partial charge in [-0.3, -0.25) is 4.79 Å². The predicted octanol–water partition coefficient (Wildman–Crippen LogP) is 2.15. The molecule has 1 heterocycles. The van der Waals surface area contributed by atoms with E-state index in [1.165, 1.54) is 12.1 Å². The van der Waals surface area contributed by atoms with Gasteiger partial charge in [0.15, 0.2) is 0 Å². The minimum absolute atomic E-state index is 0.0302. The SMILES string of the molecule is CC1(C)C(Nc2ccc(F)c(C(N)=O)c2)C2CCOC21. The van der Waals surface area contributed by atoms with Gasteiger partial charge in [-0.25, -0.2) is 4.39 Å². The molecule has 0 bridgehead atoms. The van der Waals surface area contributed by atoms with Crippen molar-refractivity contribution in [3.05, 3.63) is 29.6 Å². The number of ether oxygens (including phenoxy) is 1. The summed E-state index contributed by atoms with van der Waals surface area (Å²) >= 11 is 0. The van der Waals surface area contributed by atoms with Crippen LogP contribution < -0.4 is 11.1 Å². The van der Waals surface area contributed by atoms with E-state index in [0.717, 1.165) is 18.7 Å². The number of rotatable bonds is 3. The third-order valence-corrected chi connectivity index (χ3v) is 4.65. The molecule has 4 nitrogen and oxygen atoms in total. The summed E-state index contributed by atoms with van der Waals surface area (Å²) in [4.78, 5) is 11.2. The lowest BCUT2D eigenvalue weighted by atomic mass is 9.57. The Morgan fingerprint density at radius 3 is 2.95 bits per heavy atom. The molecule has 3 atom stereocenters. The van der Waals surface area contributed by atoms with Crippen LogP contribution in [0.5, 0.6) is 0 Å². The number of anilines is 1. The zero-order valence-corrected chi connectivity index (χ0v) is 11.7. The van der Waals surface area contributed by atoms with Gasteiger partial charge in [0.05, 0.1) is 11.7 Å². The van der Waals surface area contributed by atoms with Crippen LogP contribution in [0.1, 0.15) is 30.6 Å². The lowest BCUT2D eigenvalue weighted by molar-refractivity contribution is -0.0923. The number of nitrogens with one attached hydrogen (secondary N) is 1. The van der Waals surface area contributed by atoms with Crippen molar-refractivity contribution in [1.29, 1.82) is 0 Å². The Balaban J connectivity index is 1.82. The molecule has 2 fully saturated rings. The van der Waals surface area contributed by atoms with Gasteiger partial charge in [0.1, 0.15) is 5.82 Å². The molecular formula is C15H19FN2O2. The van der Waals surface area contributed by atoms with Gasteiger partial charge in [0.2, 0.25) is 0 Å². The Hall–Kier alpha value is -1.62. The van der Waals surface area contributed by atoms with Gasteiger partial charge in [-0.2, -0.15) is 0 Å². The predicted molar refractivity (Wildman–Crippen MR) is 74.0 cm³/mol. The van der Waals surface area contributed by atoms with Crippen LogP contribution >= 0.6 is 0 Å². The Bertz CT molecular complexity index is 559. The Labute approximate surface area is 117 Å². The van der Waals surface area contributed by atoms with Crippen molar-refractivity contribution in [2.24, 2.45) is 17.1 Å². The minimum atomic E-state index is -0.749. The van der Waals surface area contributed by atoms with Crippen LogP contribution in [0.4, 0.5) is 10.1 Å². The molecule has 108 valence electrons. The van der Waals surface area contributed by atoms with Gasteiger partial charge in [0.25, 0.3) is 5.91 Å². The Morgan fingerprint density at radius 2 is 2.25 bits per heavy atom. The summed E-state index contributed by atoms with van der Waals surface area (Å²) in [7, 11) is 0. The van der Waals surface area contributed by atoms with Gasteiger partial charge in [0, 0.05) is 29.7 Å². The van der Waals surface area contributed by atoms with Crippen molar-refractivity contribution in [1.82, 2.24) is 0 Å². The van der Waals surface area contributed by atoms with Crippen molar-refractivity contribution in [2.45, 2.75) is 32.4 Å². The molecule has 1 aliphatic heterocycles. The van der Waals surface area contributed by atoms with Crippen LogP contribution in [0.25, 0.3) is 0 Å². The fourth-order valence-electron chi connectivity index (χ4n) is 3.60. The maximum atomic E-state index is 13.5. The lowest BCUT2D eigenvalue weighted by Gasteiger charge is -2.55. The first-order valence-electron chi connectivity index (χ1n) is 6.89. The average molecular weight is 278 g/mol. The van der Waals surface area contributed by atoms with E-state index in [1.807, 2.05) is 0 Å². The highest BCUT2D eigenvalue weighted by molar-refractivity contribution is 5.94. The highest BCUT2D eigenvalue weighted by atomic mass is 19.1. The van der Waals surface area contributed by atoms with Crippen LogP contribution in [-0.4, -0.2) is 24.7 Å². The second-order valence-corrected chi connectivity index (χ2v) is 6.25. The molecule has 1 saturated carbocycles. The Kier molecular flexibility index (Phi) is 2.97. The number of nitrogens with two attached hydrogens (primary N) is 1. The maximum Gasteiger partial charge on any atom is 0.251 e. The lowest BCUT2D eigenvalue weighted by Crippen LogP contribution is -2.63. The minimum Gasteiger partial charge on any atom is -0.381 e. The smallest absolute Gasteiger partial charge is 0.251 e.